The molecule has 3 N–H and O–H groups in total. The fraction of sp³-hybridized carbons (Fsp3) is 0.267. The van der Waals surface area contributed by atoms with Crippen LogP contribution in [-0.4, -0.2) is 32.8 Å². The molecule has 0 radical (unpaired) electrons. The van der Waals surface area contributed by atoms with Crippen molar-refractivity contribution in [3.8, 4) is 0 Å². The van der Waals surface area contributed by atoms with E-state index in [9.17, 15) is 4.79 Å². The molecule has 1 aromatic carbocycles. The molecule has 3 aromatic rings. The van der Waals surface area contributed by atoms with E-state index in [-0.39, 0.29) is 5.91 Å². The van der Waals surface area contributed by atoms with Crippen LogP contribution in [0.1, 0.15) is 17.3 Å². The van der Waals surface area contributed by atoms with Crippen LogP contribution < -0.4 is 11.1 Å². The number of amides is 1. The summed E-state index contributed by atoms with van der Waals surface area (Å²) in [4.78, 5) is 16.6. The van der Waals surface area contributed by atoms with Crippen LogP contribution in [-0.2, 0) is 6.54 Å². The molecular weight excluding hydrogens is 298 g/mol. The van der Waals surface area contributed by atoms with Crippen molar-refractivity contribution in [2.24, 2.45) is 5.73 Å². The molecule has 7 heteroatoms. The Bertz CT molecular complexity index is 778. The highest BCUT2D eigenvalue weighted by atomic mass is 32.1. The third-order valence-corrected chi connectivity index (χ3v) is 4.13. The predicted octanol–water partition coefficient (Wildman–Crippen LogP) is 1.64. The van der Waals surface area contributed by atoms with Crippen LogP contribution in [0.4, 0.5) is 0 Å². The fourth-order valence-corrected chi connectivity index (χ4v) is 2.97. The molecule has 0 fully saturated rings. The molecule has 0 aliphatic rings. The number of para-hydroxylation sites is 1. The van der Waals surface area contributed by atoms with Gasteiger partial charge in [-0.2, -0.15) is 5.10 Å². The van der Waals surface area contributed by atoms with Gasteiger partial charge in [-0.25, -0.2) is 4.98 Å². The summed E-state index contributed by atoms with van der Waals surface area (Å²) in [5, 5.41) is 7.03. The van der Waals surface area contributed by atoms with Crippen LogP contribution >= 0.6 is 11.3 Å². The first-order valence-corrected chi connectivity index (χ1v) is 7.80. The number of nitrogens with zero attached hydrogens (tertiary/aromatic N) is 3. The van der Waals surface area contributed by atoms with E-state index in [1.807, 2.05) is 31.3 Å². The third-order valence-electron chi connectivity index (χ3n) is 3.34. The van der Waals surface area contributed by atoms with Crippen molar-refractivity contribution in [3.63, 3.8) is 0 Å². The van der Waals surface area contributed by atoms with Crippen molar-refractivity contribution < 1.29 is 4.79 Å². The van der Waals surface area contributed by atoms with Crippen LogP contribution in [0.5, 0.6) is 0 Å². The van der Waals surface area contributed by atoms with Crippen LogP contribution in [0.2, 0.25) is 0 Å². The average molecular weight is 315 g/mol. The van der Waals surface area contributed by atoms with Crippen molar-refractivity contribution in [1.29, 1.82) is 0 Å². The van der Waals surface area contributed by atoms with Gasteiger partial charge in [0.05, 0.1) is 33.4 Å². The maximum absolute atomic E-state index is 12.4. The van der Waals surface area contributed by atoms with E-state index in [0.29, 0.717) is 18.7 Å². The number of nitrogens with two attached hydrogens (primary N) is 1. The van der Waals surface area contributed by atoms with Crippen LogP contribution in [0.15, 0.2) is 42.2 Å². The quantitative estimate of drug-likeness (QED) is 0.749. The smallest absolute Gasteiger partial charge is 0.253 e. The van der Waals surface area contributed by atoms with Gasteiger partial charge in [-0.05, 0) is 25.1 Å². The van der Waals surface area contributed by atoms with Crippen molar-refractivity contribution in [2.45, 2.75) is 19.0 Å². The van der Waals surface area contributed by atoms with E-state index in [0.717, 1.165) is 10.2 Å². The second-order valence-electron chi connectivity index (χ2n) is 5.55. The SMILES string of the molecule is CC(N)(CNC(=O)c1cccc2scnc12)Cn1cccn1. The van der Waals surface area contributed by atoms with Gasteiger partial charge < -0.3 is 11.1 Å². The first kappa shape index (κ1) is 14.7. The summed E-state index contributed by atoms with van der Waals surface area (Å²) >= 11 is 1.52. The lowest BCUT2D eigenvalue weighted by molar-refractivity contribution is 0.0944. The predicted molar refractivity (Wildman–Crippen MR) is 86.8 cm³/mol. The highest BCUT2D eigenvalue weighted by Gasteiger charge is 2.21. The maximum Gasteiger partial charge on any atom is 0.253 e. The van der Waals surface area contributed by atoms with E-state index in [4.69, 9.17) is 5.73 Å². The minimum atomic E-state index is -0.586. The van der Waals surface area contributed by atoms with Gasteiger partial charge in [-0.3, -0.25) is 9.48 Å². The number of hydrogen-bond donors (Lipinski definition) is 2. The van der Waals surface area contributed by atoms with Crippen LogP contribution in [0, 0.1) is 0 Å². The van der Waals surface area contributed by atoms with E-state index < -0.39 is 5.54 Å². The average Bonchev–Trinajstić information content (AvgIpc) is 3.14. The van der Waals surface area contributed by atoms with Gasteiger partial charge in [0.25, 0.3) is 5.91 Å². The van der Waals surface area contributed by atoms with Crippen molar-refractivity contribution >= 4 is 27.5 Å². The maximum atomic E-state index is 12.4. The second kappa shape index (κ2) is 5.86. The Labute approximate surface area is 132 Å². The monoisotopic (exact) mass is 315 g/mol. The molecule has 1 atom stereocenters. The number of carbonyl (C=O) groups is 1. The summed E-state index contributed by atoms with van der Waals surface area (Å²) in [7, 11) is 0. The second-order valence-corrected chi connectivity index (χ2v) is 6.43. The van der Waals surface area contributed by atoms with Gasteiger partial charge in [0, 0.05) is 18.9 Å². The summed E-state index contributed by atoms with van der Waals surface area (Å²) in [6.07, 6.45) is 3.56. The highest BCUT2D eigenvalue weighted by Crippen LogP contribution is 2.21. The number of rotatable bonds is 5. The Kier molecular flexibility index (Phi) is 3.91. The highest BCUT2D eigenvalue weighted by molar-refractivity contribution is 7.16. The lowest BCUT2D eigenvalue weighted by Crippen LogP contribution is -2.50. The van der Waals surface area contributed by atoms with Crippen molar-refractivity contribution in [2.75, 3.05) is 6.54 Å². The Morgan fingerprint density at radius 3 is 3.09 bits per heavy atom. The van der Waals surface area contributed by atoms with Gasteiger partial charge in [0.15, 0.2) is 0 Å². The molecule has 114 valence electrons. The summed E-state index contributed by atoms with van der Waals surface area (Å²) in [5.74, 6) is -0.159. The van der Waals surface area contributed by atoms with Crippen LogP contribution in [0.25, 0.3) is 10.2 Å². The molecule has 1 unspecified atom stereocenters. The van der Waals surface area contributed by atoms with Gasteiger partial charge >= 0.3 is 0 Å². The first-order valence-electron chi connectivity index (χ1n) is 6.92. The molecule has 0 aliphatic carbocycles. The summed E-state index contributed by atoms with van der Waals surface area (Å²) in [6.45, 7) is 2.77. The van der Waals surface area contributed by atoms with E-state index in [1.54, 1.807) is 22.5 Å². The normalized spacial score (nSPS) is 13.9. The van der Waals surface area contributed by atoms with Crippen LogP contribution in [0.3, 0.4) is 0 Å². The van der Waals surface area contributed by atoms with Crippen molar-refractivity contribution in [3.05, 3.63) is 47.7 Å². The summed E-state index contributed by atoms with van der Waals surface area (Å²) in [6, 6.07) is 7.44. The first-order chi connectivity index (χ1) is 10.6. The largest absolute Gasteiger partial charge is 0.350 e. The Hall–Kier alpha value is -2.25. The Morgan fingerprint density at radius 1 is 1.45 bits per heavy atom. The molecule has 6 nitrogen and oxygen atoms in total. The third kappa shape index (κ3) is 3.15. The zero-order valence-electron chi connectivity index (χ0n) is 12.2. The molecule has 0 saturated carbocycles. The standard InChI is InChI=1S/C15H17N5OS/c1-15(16,9-20-7-3-6-19-20)8-17-14(21)11-4-2-5-12-13(11)18-10-22-12/h2-7,10H,8-9,16H2,1H3,(H,17,21). The number of aromatic nitrogens is 3. The zero-order valence-corrected chi connectivity index (χ0v) is 13.0. The molecule has 0 saturated heterocycles. The van der Waals surface area contributed by atoms with Gasteiger partial charge in [-0.15, -0.1) is 11.3 Å². The minimum absolute atomic E-state index is 0.159. The number of hydrogen-bond acceptors (Lipinski definition) is 5. The Morgan fingerprint density at radius 2 is 2.32 bits per heavy atom. The molecule has 2 aromatic heterocycles. The van der Waals surface area contributed by atoms with E-state index in [2.05, 4.69) is 15.4 Å². The molecule has 1 amide bonds. The molecule has 22 heavy (non-hydrogen) atoms. The lowest BCUT2D eigenvalue weighted by Gasteiger charge is -2.25. The minimum Gasteiger partial charge on any atom is -0.350 e. The van der Waals surface area contributed by atoms with E-state index >= 15 is 0 Å². The molecule has 0 bridgehead atoms. The summed E-state index contributed by atoms with van der Waals surface area (Å²) in [5.41, 5.74) is 8.70. The number of nitrogens with one attached hydrogen (secondary N) is 1. The number of carbonyl (C=O) groups excluding carboxylic acids is 1. The molecule has 3 rings (SSSR count). The molecular formula is C15H17N5OS. The van der Waals surface area contributed by atoms with Crippen molar-refractivity contribution in [1.82, 2.24) is 20.1 Å². The van der Waals surface area contributed by atoms with E-state index in [1.165, 1.54) is 11.3 Å². The molecule has 0 spiro atoms. The van der Waals surface area contributed by atoms with Gasteiger partial charge in [-0.1, -0.05) is 6.07 Å². The molecule has 2 heterocycles. The number of thiazole rings is 1. The summed E-state index contributed by atoms with van der Waals surface area (Å²) < 4.78 is 2.76. The number of fused-ring (bicyclic) bond motifs is 1. The zero-order chi connectivity index (χ0) is 15.6. The van der Waals surface area contributed by atoms with Gasteiger partial charge in [0.2, 0.25) is 0 Å². The Balaban J connectivity index is 1.68. The fourth-order valence-electron chi connectivity index (χ4n) is 2.27. The number of benzene rings is 1. The topological polar surface area (TPSA) is 85.8 Å². The lowest BCUT2D eigenvalue weighted by atomic mass is 10.0. The van der Waals surface area contributed by atoms with Gasteiger partial charge in [0.1, 0.15) is 0 Å². The molecule has 0 aliphatic heterocycles.